The summed E-state index contributed by atoms with van der Waals surface area (Å²) in [7, 11) is 0. The third-order valence-electron chi connectivity index (χ3n) is 6.91. The number of ketones is 1. The Labute approximate surface area is 238 Å². The number of anilines is 1. The number of aryl methyl sites for hydroxylation is 1. The molecule has 10 heteroatoms. The molecule has 0 fully saturated rings. The van der Waals surface area contributed by atoms with Gasteiger partial charge in [0.05, 0.1) is 0 Å². The topological polar surface area (TPSA) is 134 Å². The number of rotatable bonds is 10. The average molecular weight is 562 g/mol. The first-order chi connectivity index (χ1) is 19.3. The zero-order valence-corrected chi connectivity index (χ0v) is 23.0. The molecule has 0 bridgehead atoms. The highest BCUT2D eigenvalue weighted by atomic mass is 35.5. The first kappa shape index (κ1) is 28.9. The van der Waals surface area contributed by atoms with Gasteiger partial charge in [-0.05, 0) is 42.6 Å². The van der Waals surface area contributed by atoms with Crippen LogP contribution in [0.4, 0.5) is 5.82 Å². The van der Waals surface area contributed by atoms with E-state index in [1.54, 1.807) is 37.4 Å². The van der Waals surface area contributed by atoms with E-state index >= 15 is 0 Å². The molecule has 2 heterocycles. The van der Waals surface area contributed by atoms with Crippen LogP contribution in [0.5, 0.6) is 0 Å². The van der Waals surface area contributed by atoms with Gasteiger partial charge in [-0.2, -0.15) is 0 Å². The number of fused-ring (bicyclic) bond motifs is 1. The lowest BCUT2D eigenvalue weighted by Crippen LogP contribution is -2.56. The van der Waals surface area contributed by atoms with Gasteiger partial charge < -0.3 is 21.3 Å². The maximum atomic E-state index is 13.6. The molecule has 2 aromatic carbocycles. The number of nitrogens with two attached hydrogens (primary N) is 1. The van der Waals surface area contributed by atoms with Crippen molar-refractivity contribution in [3.8, 4) is 0 Å². The molecule has 1 unspecified atom stereocenters. The molecule has 0 saturated carbocycles. The van der Waals surface area contributed by atoms with Crippen LogP contribution in [0.1, 0.15) is 46.3 Å². The molecule has 0 radical (unpaired) electrons. The van der Waals surface area contributed by atoms with Crippen molar-refractivity contribution in [2.45, 2.75) is 51.2 Å². The second-order valence-corrected chi connectivity index (χ2v) is 10.2. The third-order valence-corrected chi connectivity index (χ3v) is 7.32. The summed E-state index contributed by atoms with van der Waals surface area (Å²) in [5.74, 6) is -1.16. The van der Waals surface area contributed by atoms with Crippen molar-refractivity contribution in [2.24, 2.45) is 5.73 Å². The summed E-state index contributed by atoms with van der Waals surface area (Å²) >= 11 is 6.15. The minimum absolute atomic E-state index is 0.0274. The van der Waals surface area contributed by atoms with Crippen LogP contribution in [0.25, 0.3) is 0 Å². The van der Waals surface area contributed by atoms with Crippen molar-refractivity contribution in [3.63, 3.8) is 0 Å². The van der Waals surface area contributed by atoms with E-state index in [0.29, 0.717) is 10.6 Å². The van der Waals surface area contributed by atoms with E-state index in [-0.39, 0.29) is 56.3 Å². The van der Waals surface area contributed by atoms with E-state index in [1.807, 2.05) is 30.3 Å². The van der Waals surface area contributed by atoms with Crippen molar-refractivity contribution in [1.82, 2.24) is 15.2 Å². The third kappa shape index (κ3) is 7.11. The quantitative estimate of drug-likeness (QED) is 0.325. The number of aromatic nitrogens is 1. The van der Waals surface area contributed by atoms with Crippen LogP contribution in [-0.4, -0.2) is 52.0 Å². The number of halogens is 1. The lowest BCUT2D eigenvalue weighted by molar-refractivity contribution is -0.142. The van der Waals surface area contributed by atoms with Crippen molar-refractivity contribution in [2.75, 3.05) is 11.9 Å². The van der Waals surface area contributed by atoms with Crippen molar-refractivity contribution in [1.29, 1.82) is 0 Å². The molecule has 2 atom stereocenters. The number of nitrogens with zero attached hydrogens (tertiary/aromatic N) is 2. The highest BCUT2D eigenvalue weighted by Gasteiger charge is 2.36. The summed E-state index contributed by atoms with van der Waals surface area (Å²) in [5.41, 5.74) is 8.94. The van der Waals surface area contributed by atoms with Crippen LogP contribution < -0.4 is 16.4 Å². The Morgan fingerprint density at radius 2 is 1.75 bits per heavy atom. The molecule has 9 nitrogen and oxygen atoms in total. The van der Waals surface area contributed by atoms with Gasteiger partial charge in [0.2, 0.25) is 17.7 Å². The van der Waals surface area contributed by atoms with E-state index < -0.39 is 23.9 Å². The molecule has 40 heavy (non-hydrogen) atoms. The largest absolute Gasteiger partial charge is 0.342 e. The van der Waals surface area contributed by atoms with E-state index in [0.717, 1.165) is 16.7 Å². The molecule has 3 aromatic rings. The van der Waals surface area contributed by atoms with Gasteiger partial charge in [-0.25, -0.2) is 4.98 Å². The molecule has 1 aliphatic heterocycles. The lowest BCUT2D eigenvalue weighted by atomic mass is 9.92. The Morgan fingerprint density at radius 1 is 1.05 bits per heavy atom. The predicted octanol–water partition coefficient (Wildman–Crippen LogP) is 3.43. The van der Waals surface area contributed by atoms with E-state index in [2.05, 4.69) is 15.6 Å². The zero-order chi connectivity index (χ0) is 28.6. The first-order valence-electron chi connectivity index (χ1n) is 13.1. The fourth-order valence-corrected chi connectivity index (χ4v) is 4.79. The Bertz CT molecular complexity index is 1400. The van der Waals surface area contributed by atoms with Gasteiger partial charge in [-0.3, -0.25) is 19.2 Å². The molecule has 1 aliphatic rings. The van der Waals surface area contributed by atoms with Gasteiger partial charge in [0.15, 0.2) is 5.78 Å². The summed E-state index contributed by atoms with van der Waals surface area (Å²) in [6, 6.07) is 16.1. The minimum Gasteiger partial charge on any atom is -0.342 e. The molecular formula is C30H32ClN5O4. The van der Waals surface area contributed by atoms with Crippen LogP contribution in [0.15, 0.2) is 66.9 Å². The number of hydrogen-bond donors (Lipinski definition) is 3. The van der Waals surface area contributed by atoms with Crippen LogP contribution in [0.3, 0.4) is 0 Å². The Balaban J connectivity index is 1.49. The normalized spacial score (nSPS) is 15.1. The van der Waals surface area contributed by atoms with Gasteiger partial charge >= 0.3 is 0 Å². The van der Waals surface area contributed by atoms with Gasteiger partial charge in [-0.1, -0.05) is 66.2 Å². The standard InChI is InChI=1S/C30H32ClN5O4/c1-19-17-33-27(16-23(19)31)35-29(39)24(13-14-32)34-30(40)25-15-21-9-5-6-10-22(21)18-36(25)28(38)12-11-26(37)20-7-3-2-4-8-20/h2-10,16-17,24-25H,11-15,18,32H2,1H3,(H,34,40)(H,33,35,39)/t24?,25-/m0/s1. The SMILES string of the molecule is Cc1cnc(NC(=O)C(CCN)NC(=O)[C@@H]2Cc3ccccc3CN2C(=O)CCC(=O)c2ccccc2)cc1Cl. The smallest absolute Gasteiger partial charge is 0.248 e. The van der Waals surface area contributed by atoms with E-state index in [9.17, 15) is 19.2 Å². The molecule has 1 aromatic heterocycles. The molecule has 0 spiro atoms. The van der Waals surface area contributed by atoms with Gasteiger partial charge in [0.25, 0.3) is 0 Å². The van der Waals surface area contributed by atoms with E-state index in [4.69, 9.17) is 17.3 Å². The molecule has 4 N–H and O–H groups in total. The molecule has 0 aliphatic carbocycles. The molecular weight excluding hydrogens is 530 g/mol. The molecule has 208 valence electrons. The maximum absolute atomic E-state index is 13.6. The van der Waals surface area contributed by atoms with Crippen LogP contribution in [-0.2, 0) is 27.3 Å². The predicted molar refractivity (Wildman–Crippen MR) is 153 cm³/mol. The highest BCUT2D eigenvalue weighted by Crippen LogP contribution is 2.25. The number of pyridine rings is 1. The fourth-order valence-electron chi connectivity index (χ4n) is 4.64. The van der Waals surface area contributed by atoms with Crippen molar-refractivity contribution in [3.05, 3.63) is 94.1 Å². The maximum Gasteiger partial charge on any atom is 0.248 e. The number of hydrogen-bond acceptors (Lipinski definition) is 6. The second kappa shape index (κ2) is 13.3. The highest BCUT2D eigenvalue weighted by molar-refractivity contribution is 6.31. The Kier molecular flexibility index (Phi) is 9.63. The van der Waals surface area contributed by atoms with Gasteiger partial charge in [-0.15, -0.1) is 0 Å². The zero-order valence-electron chi connectivity index (χ0n) is 22.2. The molecule has 0 saturated heterocycles. The minimum atomic E-state index is -0.951. The molecule has 4 rings (SSSR count). The van der Waals surface area contributed by atoms with E-state index in [1.165, 1.54) is 11.0 Å². The molecule has 3 amide bonds. The number of carbonyl (C=O) groups is 4. The Hall–Kier alpha value is -4.08. The summed E-state index contributed by atoms with van der Waals surface area (Å²) in [6.07, 6.45) is 2.00. The number of carbonyl (C=O) groups excluding carboxylic acids is 4. The van der Waals surface area contributed by atoms with Crippen LogP contribution >= 0.6 is 11.6 Å². The summed E-state index contributed by atoms with van der Waals surface area (Å²) in [4.78, 5) is 58.3. The number of Topliss-reactive ketones (excluding diaryl/α,β-unsaturated/α-hetero) is 1. The average Bonchev–Trinajstić information content (AvgIpc) is 2.97. The van der Waals surface area contributed by atoms with Crippen molar-refractivity contribution < 1.29 is 19.2 Å². The number of nitrogens with one attached hydrogen (secondary N) is 2. The fraction of sp³-hybridized carbons (Fsp3) is 0.300. The number of amides is 3. The monoisotopic (exact) mass is 561 g/mol. The van der Waals surface area contributed by atoms with Gasteiger partial charge in [0.1, 0.15) is 17.9 Å². The lowest BCUT2D eigenvalue weighted by Gasteiger charge is -2.36. The number of benzene rings is 2. The summed E-state index contributed by atoms with van der Waals surface area (Å²) in [6.45, 7) is 2.18. The van der Waals surface area contributed by atoms with Crippen molar-refractivity contribution >= 4 is 40.9 Å². The van der Waals surface area contributed by atoms with Crippen LogP contribution in [0.2, 0.25) is 5.02 Å². The Morgan fingerprint density at radius 3 is 2.45 bits per heavy atom. The second-order valence-electron chi connectivity index (χ2n) is 9.75. The van der Waals surface area contributed by atoms with Crippen LogP contribution in [0, 0.1) is 6.92 Å². The first-order valence-corrected chi connectivity index (χ1v) is 13.5. The summed E-state index contributed by atoms with van der Waals surface area (Å²) in [5, 5.41) is 5.92. The summed E-state index contributed by atoms with van der Waals surface area (Å²) < 4.78 is 0. The van der Waals surface area contributed by atoms with Gasteiger partial charge in [0, 0.05) is 42.6 Å².